The van der Waals surface area contributed by atoms with E-state index in [1.54, 1.807) is 6.08 Å². The molecule has 0 aliphatic carbocycles. The minimum Gasteiger partial charge on any atom is -0.457 e. The van der Waals surface area contributed by atoms with Gasteiger partial charge >= 0.3 is 0 Å². The largest absolute Gasteiger partial charge is 0.457 e. The van der Waals surface area contributed by atoms with Crippen LogP contribution in [-0.4, -0.2) is 50.6 Å². The van der Waals surface area contributed by atoms with Gasteiger partial charge in [-0.05, 0) is 62.2 Å². The van der Waals surface area contributed by atoms with Gasteiger partial charge in [0.2, 0.25) is 0 Å². The summed E-state index contributed by atoms with van der Waals surface area (Å²) in [6.45, 7) is 7.18. The van der Waals surface area contributed by atoms with Crippen molar-refractivity contribution in [1.29, 1.82) is 0 Å². The summed E-state index contributed by atoms with van der Waals surface area (Å²) in [5.74, 6) is 2.87. The molecule has 2 aliphatic rings. The smallest absolute Gasteiger partial charge is 0.137 e. The van der Waals surface area contributed by atoms with Crippen LogP contribution in [0.15, 0.2) is 72.2 Å². The molecular formula is C26H30N6O2. The number of hydrogen-bond donors (Lipinski definition) is 3. The van der Waals surface area contributed by atoms with Crippen LogP contribution in [0, 0.1) is 0 Å². The van der Waals surface area contributed by atoms with Gasteiger partial charge in [0.25, 0.3) is 0 Å². The maximum absolute atomic E-state index is 10.4. The first kappa shape index (κ1) is 22.2. The van der Waals surface area contributed by atoms with Gasteiger partial charge in [-0.15, -0.1) is 0 Å². The van der Waals surface area contributed by atoms with E-state index >= 15 is 0 Å². The van der Waals surface area contributed by atoms with Gasteiger partial charge in [0.05, 0.1) is 12.1 Å². The first-order valence-corrected chi connectivity index (χ1v) is 11.6. The third-order valence-electron chi connectivity index (χ3n) is 6.35. The SMILES string of the molecule is C=CC(O)N1CCCC1Cn1nc(-c2ccc(Oc3ccccc3)cc2)c2c1NC(C)N=C2N. The lowest BCUT2D eigenvalue weighted by Gasteiger charge is -2.28. The molecule has 3 aromatic rings. The quantitative estimate of drug-likeness (QED) is 0.466. The Labute approximate surface area is 199 Å². The molecule has 2 aliphatic heterocycles. The standard InChI is InChI=1S/C26H30N6O2/c1-3-22(33)31-15-7-8-19(31)16-32-26-23(25(27)28-17(2)29-26)24(30-32)18-11-13-21(14-12-18)34-20-9-5-4-6-10-20/h3-6,9-14,17,19,22,29,33H,1,7-8,15-16H2,2H3,(H2,27,28). The Morgan fingerprint density at radius 2 is 1.94 bits per heavy atom. The van der Waals surface area contributed by atoms with E-state index in [9.17, 15) is 5.11 Å². The summed E-state index contributed by atoms with van der Waals surface area (Å²) in [6, 6.07) is 17.7. The number of likely N-dealkylation sites (tertiary alicyclic amines) is 1. The fourth-order valence-electron chi connectivity index (χ4n) is 4.73. The molecule has 0 saturated carbocycles. The fraction of sp³-hybridized carbons (Fsp3) is 0.308. The highest BCUT2D eigenvalue weighted by Gasteiger charge is 2.32. The second kappa shape index (κ2) is 9.32. The van der Waals surface area contributed by atoms with E-state index in [1.807, 2.05) is 66.2 Å². The van der Waals surface area contributed by atoms with Crippen LogP contribution in [0.1, 0.15) is 25.3 Å². The molecule has 8 nitrogen and oxygen atoms in total. The summed E-state index contributed by atoms with van der Waals surface area (Å²) in [6.07, 6.45) is 2.79. The van der Waals surface area contributed by atoms with Crippen LogP contribution in [-0.2, 0) is 6.54 Å². The number of benzene rings is 2. The van der Waals surface area contributed by atoms with Gasteiger partial charge in [-0.1, -0.05) is 24.8 Å². The Kier molecular flexibility index (Phi) is 6.08. The van der Waals surface area contributed by atoms with E-state index in [0.717, 1.165) is 53.5 Å². The van der Waals surface area contributed by atoms with Crippen molar-refractivity contribution in [3.63, 3.8) is 0 Å². The van der Waals surface area contributed by atoms with Crippen LogP contribution in [0.5, 0.6) is 11.5 Å². The van der Waals surface area contributed by atoms with Crippen LogP contribution in [0.4, 0.5) is 5.82 Å². The molecule has 4 N–H and O–H groups in total. The van der Waals surface area contributed by atoms with Gasteiger partial charge in [-0.3, -0.25) is 4.90 Å². The lowest BCUT2D eigenvalue weighted by Crippen LogP contribution is -2.40. The molecule has 0 spiro atoms. The number of rotatable bonds is 7. The molecule has 1 fully saturated rings. The highest BCUT2D eigenvalue weighted by Crippen LogP contribution is 2.34. The molecule has 8 heteroatoms. The number of para-hydroxylation sites is 1. The molecule has 3 heterocycles. The van der Waals surface area contributed by atoms with E-state index < -0.39 is 6.23 Å². The number of aliphatic hydroxyl groups excluding tert-OH is 1. The van der Waals surface area contributed by atoms with E-state index in [0.29, 0.717) is 12.4 Å². The highest BCUT2D eigenvalue weighted by atomic mass is 16.5. The minimum atomic E-state index is -0.658. The van der Waals surface area contributed by atoms with Crippen LogP contribution in [0.2, 0.25) is 0 Å². The Morgan fingerprint density at radius 1 is 1.21 bits per heavy atom. The molecule has 176 valence electrons. The highest BCUT2D eigenvalue weighted by molar-refractivity contribution is 6.08. The van der Waals surface area contributed by atoms with Crippen molar-refractivity contribution in [2.75, 3.05) is 11.9 Å². The third-order valence-corrected chi connectivity index (χ3v) is 6.35. The Morgan fingerprint density at radius 3 is 2.68 bits per heavy atom. The maximum Gasteiger partial charge on any atom is 0.137 e. The van der Waals surface area contributed by atoms with Crippen molar-refractivity contribution in [2.24, 2.45) is 10.7 Å². The zero-order valence-electron chi connectivity index (χ0n) is 19.3. The summed E-state index contributed by atoms with van der Waals surface area (Å²) in [5, 5.41) is 18.7. The number of aliphatic imine (C=N–C) groups is 1. The molecule has 0 amide bonds. The van der Waals surface area contributed by atoms with Crippen molar-refractivity contribution < 1.29 is 9.84 Å². The molecule has 2 aromatic carbocycles. The molecule has 0 bridgehead atoms. The Balaban J connectivity index is 1.46. The van der Waals surface area contributed by atoms with Gasteiger partial charge < -0.3 is 20.9 Å². The van der Waals surface area contributed by atoms with E-state index in [-0.39, 0.29) is 12.2 Å². The van der Waals surface area contributed by atoms with E-state index in [4.69, 9.17) is 15.6 Å². The second-order valence-corrected chi connectivity index (χ2v) is 8.71. The summed E-state index contributed by atoms with van der Waals surface area (Å²) < 4.78 is 7.90. The second-order valence-electron chi connectivity index (χ2n) is 8.71. The number of fused-ring (bicyclic) bond motifs is 1. The topological polar surface area (TPSA) is 101 Å². The van der Waals surface area contributed by atoms with Crippen LogP contribution < -0.4 is 15.8 Å². The Bertz CT molecular complexity index is 1190. The first-order valence-electron chi connectivity index (χ1n) is 11.6. The molecule has 0 radical (unpaired) electrons. The molecular weight excluding hydrogens is 428 g/mol. The summed E-state index contributed by atoms with van der Waals surface area (Å²) in [5.41, 5.74) is 8.91. The van der Waals surface area contributed by atoms with Gasteiger partial charge in [-0.2, -0.15) is 5.10 Å². The van der Waals surface area contributed by atoms with Crippen LogP contribution in [0.25, 0.3) is 11.3 Å². The predicted octanol–water partition coefficient (Wildman–Crippen LogP) is 3.79. The number of anilines is 1. The van der Waals surface area contributed by atoms with Crippen molar-refractivity contribution in [3.8, 4) is 22.8 Å². The number of nitrogens with zero attached hydrogens (tertiary/aromatic N) is 4. The third kappa shape index (κ3) is 4.30. The normalized spacial score (nSPS) is 20.8. The number of amidine groups is 1. The number of aromatic nitrogens is 2. The average Bonchev–Trinajstić information content (AvgIpc) is 3.45. The number of nitrogens with one attached hydrogen (secondary N) is 1. The number of aliphatic hydroxyl groups is 1. The van der Waals surface area contributed by atoms with Gasteiger partial charge in [-0.25, -0.2) is 9.67 Å². The van der Waals surface area contributed by atoms with Crippen LogP contribution in [0.3, 0.4) is 0 Å². The minimum absolute atomic E-state index is 0.143. The fourth-order valence-corrected chi connectivity index (χ4v) is 4.73. The molecule has 3 atom stereocenters. The van der Waals surface area contributed by atoms with Gasteiger partial charge in [0.15, 0.2) is 0 Å². The summed E-state index contributed by atoms with van der Waals surface area (Å²) in [4.78, 5) is 6.60. The van der Waals surface area contributed by atoms with E-state index in [1.165, 1.54) is 0 Å². The molecule has 1 aromatic heterocycles. The van der Waals surface area contributed by atoms with Crippen molar-refractivity contribution in [3.05, 3.63) is 72.8 Å². The van der Waals surface area contributed by atoms with Crippen molar-refractivity contribution in [1.82, 2.24) is 14.7 Å². The van der Waals surface area contributed by atoms with Gasteiger partial charge in [0, 0.05) is 18.2 Å². The van der Waals surface area contributed by atoms with Crippen LogP contribution >= 0.6 is 0 Å². The zero-order chi connectivity index (χ0) is 23.7. The number of nitrogens with two attached hydrogens (primary N) is 1. The van der Waals surface area contributed by atoms with E-state index in [2.05, 4.69) is 21.8 Å². The molecule has 1 saturated heterocycles. The average molecular weight is 459 g/mol. The number of ether oxygens (including phenoxy) is 1. The Hall–Kier alpha value is -3.62. The first-order chi connectivity index (χ1) is 16.5. The molecule has 5 rings (SSSR count). The van der Waals surface area contributed by atoms with Gasteiger partial charge in [0.1, 0.15) is 41.2 Å². The lowest BCUT2D eigenvalue weighted by molar-refractivity contribution is 0.0270. The molecule has 34 heavy (non-hydrogen) atoms. The summed E-state index contributed by atoms with van der Waals surface area (Å²) >= 11 is 0. The van der Waals surface area contributed by atoms with Crippen molar-refractivity contribution >= 4 is 11.7 Å². The maximum atomic E-state index is 10.4. The molecule has 3 unspecified atom stereocenters. The zero-order valence-corrected chi connectivity index (χ0v) is 19.3. The predicted molar refractivity (Wildman–Crippen MR) is 134 cm³/mol. The lowest BCUT2D eigenvalue weighted by atomic mass is 10.1. The van der Waals surface area contributed by atoms with Crippen molar-refractivity contribution in [2.45, 2.75) is 44.7 Å². The monoisotopic (exact) mass is 458 g/mol. The summed E-state index contributed by atoms with van der Waals surface area (Å²) in [7, 11) is 0. The number of hydrogen-bond acceptors (Lipinski definition) is 7.